The highest BCUT2D eigenvalue weighted by atomic mass is 79.9. The van der Waals surface area contributed by atoms with Crippen LogP contribution in [-0.2, 0) is 4.79 Å². The van der Waals surface area contributed by atoms with E-state index >= 15 is 0 Å². The van der Waals surface area contributed by atoms with Crippen LogP contribution in [0.1, 0.15) is 42.2 Å². The second-order valence-corrected chi connectivity index (χ2v) is 7.27. The van der Waals surface area contributed by atoms with Crippen LogP contribution in [0.5, 0.6) is 0 Å². The van der Waals surface area contributed by atoms with Gasteiger partial charge < -0.3 is 5.11 Å². The van der Waals surface area contributed by atoms with E-state index in [0.717, 1.165) is 15.7 Å². The first-order valence-corrected chi connectivity index (χ1v) is 8.80. The van der Waals surface area contributed by atoms with Crippen molar-refractivity contribution in [1.82, 2.24) is 0 Å². The summed E-state index contributed by atoms with van der Waals surface area (Å²) in [5.74, 6) is 0.344. The molecule has 4 heteroatoms. The van der Waals surface area contributed by atoms with Crippen molar-refractivity contribution in [2.75, 3.05) is 4.90 Å². The van der Waals surface area contributed by atoms with Gasteiger partial charge in [0.1, 0.15) is 6.23 Å². The molecule has 0 bridgehead atoms. The van der Waals surface area contributed by atoms with Crippen LogP contribution in [-0.4, -0.2) is 17.2 Å². The molecule has 2 atom stereocenters. The van der Waals surface area contributed by atoms with Crippen molar-refractivity contribution >= 4 is 27.5 Å². The molecule has 1 aliphatic heterocycles. The Morgan fingerprint density at radius 2 is 1.65 bits per heavy atom. The fourth-order valence-electron chi connectivity index (χ4n) is 3.49. The van der Waals surface area contributed by atoms with Gasteiger partial charge in [-0.05, 0) is 54.2 Å². The molecule has 23 heavy (non-hydrogen) atoms. The molecular formula is C19H18BrNO2. The monoisotopic (exact) mass is 371 g/mol. The van der Waals surface area contributed by atoms with E-state index in [-0.39, 0.29) is 11.8 Å². The second-order valence-electron chi connectivity index (χ2n) is 6.36. The summed E-state index contributed by atoms with van der Waals surface area (Å²) in [5, 5.41) is 10.5. The average Bonchev–Trinajstić information content (AvgIpc) is 3.35. The van der Waals surface area contributed by atoms with Crippen molar-refractivity contribution in [3.05, 3.63) is 64.1 Å². The largest absolute Gasteiger partial charge is 0.373 e. The SMILES string of the molecule is O=C1C(c2ccccc2C2CC2)CC(O)N1c1ccc(Br)cc1. The zero-order valence-corrected chi connectivity index (χ0v) is 14.2. The van der Waals surface area contributed by atoms with Crippen molar-refractivity contribution in [3.8, 4) is 0 Å². The lowest BCUT2D eigenvalue weighted by Crippen LogP contribution is -2.33. The Morgan fingerprint density at radius 3 is 2.30 bits per heavy atom. The number of hydrogen-bond acceptors (Lipinski definition) is 2. The molecule has 2 aromatic carbocycles. The van der Waals surface area contributed by atoms with Crippen LogP contribution in [0.2, 0.25) is 0 Å². The first-order chi connectivity index (χ1) is 11.1. The lowest BCUT2D eigenvalue weighted by atomic mass is 9.90. The molecule has 2 aliphatic rings. The van der Waals surface area contributed by atoms with Gasteiger partial charge in [0.25, 0.3) is 0 Å². The highest BCUT2D eigenvalue weighted by Gasteiger charge is 2.42. The van der Waals surface area contributed by atoms with E-state index in [2.05, 4.69) is 22.0 Å². The van der Waals surface area contributed by atoms with E-state index in [4.69, 9.17) is 0 Å². The summed E-state index contributed by atoms with van der Waals surface area (Å²) in [6, 6.07) is 15.7. The number of aliphatic hydroxyl groups is 1. The van der Waals surface area contributed by atoms with E-state index in [1.54, 1.807) is 0 Å². The summed E-state index contributed by atoms with van der Waals surface area (Å²) in [6.07, 6.45) is 2.10. The molecule has 1 N–H and O–H groups in total. The molecule has 1 amide bonds. The van der Waals surface area contributed by atoms with Gasteiger partial charge in [-0.15, -0.1) is 0 Å². The quantitative estimate of drug-likeness (QED) is 0.879. The second kappa shape index (κ2) is 5.77. The minimum absolute atomic E-state index is 0.00655. The molecule has 0 spiro atoms. The first-order valence-electron chi connectivity index (χ1n) is 8.00. The molecule has 118 valence electrons. The molecule has 3 nitrogen and oxygen atoms in total. The summed E-state index contributed by atoms with van der Waals surface area (Å²) in [5.41, 5.74) is 3.13. The molecule has 1 saturated carbocycles. The van der Waals surface area contributed by atoms with Crippen LogP contribution in [0, 0.1) is 0 Å². The Morgan fingerprint density at radius 1 is 1.00 bits per heavy atom. The Kier molecular flexibility index (Phi) is 3.74. The number of benzene rings is 2. The maximum Gasteiger partial charge on any atom is 0.236 e. The minimum atomic E-state index is -0.763. The molecule has 1 aliphatic carbocycles. The van der Waals surface area contributed by atoms with Gasteiger partial charge in [0.2, 0.25) is 5.91 Å². The number of anilines is 1. The van der Waals surface area contributed by atoms with Gasteiger partial charge in [0.15, 0.2) is 0 Å². The van der Waals surface area contributed by atoms with Crippen LogP contribution in [0.3, 0.4) is 0 Å². The maximum atomic E-state index is 13.0. The van der Waals surface area contributed by atoms with Crippen LogP contribution in [0.25, 0.3) is 0 Å². The van der Waals surface area contributed by atoms with Crippen molar-refractivity contribution < 1.29 is 9.90 Å². The Bertz CT molecular complexity index is 739. The maximum absolute atomic E-state index is 13.0. The predicted octanol–water partition coefficient (Wildman–Crippen LogP) is 4.17. The Labute approximate surface area is 144 Å². The van der Waals surface area contributed by atoms with E-state index < -0.39 is 6.23 Å². The van der Waals surface area contributed by atoms with Crippen LogP contribution in [0.4, 0.5) is 5.69 Å². The lowest BCUT2D eigenvalue weighted by Gasteiger charge is -2.21. The molecular weight excluding hydrogens is 354 g/mol. The topological polar surface area (TPSA) is 40.5 Å². The zero-order chi connectivity index (χ0) is 16.0. The number of aliphatic hydroxyl groups excluding tert-OH is 1. The van der Waals surface area contributed by atoms with Gasteiger partial charge in [-0.2, -0.15) is 0 Å². The van der Waals surface area contributed by atoms with Crippen LogP contribution < -0.4 is 4.90 Å². The number of amides is 1. The molecule has 1 heterocycles. The molecule has 2 fully saturated rings. The fraction of sp³-hybridized carbons (Fsp3) is 0.316. The van der Waals surface area contributed by atoms with E-state index in [9.17, 15) is 9.90 Å². The summed E-state index contributed by atoms with van der Waals surface area (Å²) in [6.45, 7) is 0. The van der Waals surface area contributed by atoms with E-state index in [1.807, 2.05) is 42.5 Å². The molecule has 1 saturated heterocycles. The molecule has 2 unspecified atom stereocenters. The Balaban J connectivity index is 1.67. The molecule has 0 aromatic heterocycles. The standard InChI is InChI=1S/C19H18BrNO2/c20-13-7-9-14(10-8-13)21-18(22)11-17(19(21)23)16-4-2-1-3-15(16)12-5-6-12/h1-4,7-10,12,17-18,22H,5-6,11H2. The van der Waals surface area contributed by atoms with Gasteiger partial charge in [-0.1, -0.05) is 40.2 Å². The summed E-state index contributed by atoms with van der Waals surface area (Å²) >= 11 is 3.40. The summed E-state index contributed by atoms with van der Waals surface area (Å²) in [4.78, 5) is 14.5. The Hall–Kier alpha value is -1.65. The van der Waals surface area contributed by atoms with Gasteiger partial charge in [0.05, 0.1) is 5.92 Å². The van der Waals surface area contributed by atoms with Gasteiger partial charge in [-0.25, -0.2) is 0 Å². The highest BCUT2D eigenvalue weighted by Crippen LogP contribution is 2.46. The van der Waals surface area contributed by atoms with Gasteiger partial charge >= 0.3 is 0 Å². The normalized spacial score (nSPS) is 24.3. The number of halogens is 1. The first kappa shape index (κ1) is 14.9. The van der Waals surface area contributed by atoms with Gasteiger partial charge in [0, 0.05) is 16.6 Å². The third-order valence-corrected chi connectivity index (χ3v) is 5.30. The third-order valence-electron chi connectivity index (χ3n) is 4.77. The summed E-state index contributed by atoms with van der Waals surface area (Å²) in [7, 11) is 0. The fourth-order valence-corrected chi connectivity index (χ4v) is 3.75. The highest BCUT2D eigenvalue weighted by molar-refractivity contribution is 9.10. The van der Waals surface area contributed by atoms with Crippen molar-refractivity contribution in [1.29, 1.82) is 0 Å². The molecule has 2 aromatic rings. The zero-order valence-electron chi connectivity index (χ0n) is 12.7. The van der Waals surface area contributed by atoms with Crippen molar-refractivity contribution in [2.45, 2.75) is 37.3 Å². The van der Waals surface area contributed by atoms with E-state index in [0.29, 0.717) is 12.3 Å². The number of nitrogens with zero attached hydrogens (tertiary/aromatic N) is 1. The van der Waals surface area contributed by atoms with Crippen molar-refractivity contribution in [3.63, 3.8) is 0 Å². The van der Waals surface area contributed by atoms with Crippen molar-refractivity contribution in [2.24, 2.45) is 0 Å². The van der Waals surface area contributed by atoms with Gasteiger partial charge in [-0.3, -0.25) is 9.69 Å². The predicted molar refractivity (Wildman–Crippen MR) is 93.4 cm³/mol. The summed E-state index contributed by atoms with van der Waals surface area (Å²) < 4.78 is 0.956. The third kappa shape index (κ3) is 2.70. The number of rotatable bonds is 3. The number of hydrogen-bond donors (Lipinski definition) is 1. The molecule has 4 rings (SSSR count). The van der Waals surface area contributed by atoms with Crippen LogP contribution >= 0.6 is 15.9 Å². The average molecular weight is 372 g/mol. The number of carbonyl (C=O) groups is 1. The van der Waals surface area contributed by atoms with Crippen LogP contribution in [0.15, 0.2) is 53.0 Å². The lowest BCUT2D eigenvalue weighted by molar-refractivity contribution is -0.118. The smallest absolute Gasteiger partial charge is 0.236 e. The minimum Gasteiger partial charge on any atom is -0.373 e. The van der Waals surface area contributed by atoms with E-state index in [1.165, 1.54) is 23.3 Å². The molecule has 0 radical (unpaired) electrons. The number of carbonyl (C=O) groups excluding carboxylic acids is 1.